The van der Waals surface area contributed by atoms with Crippen LogP contribution in [0, 0.1) is 17.2 Å². The summed E-state index contributed by atoms with van der Waals surface area (Å²) in [6, 6.07) is 7.95. The van der Waals surface area contributed by atoms with Crippen molar-refractivity contribution in [2.45, 2.75) is 4.90 Å². The minimum absolute atomic E-state index is 0.00915. The smallest absolute Gasteiger partial charge is 0.338 e. The van der Waals surface area contributed by atoms with Gasteiger partial charge >= 0.3 is 5.97 Å². The molecule has 0 aromatic heterocycles. The van der Waals surface area contributed by atoms with Crippen molar-refractivity contribution in [3.05, 3.63) is 53.2 Å². The normalized spacial score (nSPS) is 11.5. The standard InChI is InChI=1S/C22H22ClN3O8S/c1-12(25)14(10-24)17(27)11-34-22(28)13-5-6-18(31-2)21(7-13)35(29,30)26-16-8-15(23)19(32-3)9-20(16)33-4/h5-9,14,26H,1,11,25H2,2-4H3/p+1/t14-/m0/s1. The van der Waals surface area contributed by atoms with Crippen LogP contribution in [0.2, 0.25) is 5.02 Å². The molecular weight excluding hydrogens is 502 g/mol. The Morgan fingerprint density at radius 2 is 1.74 bits per heavy atom. The Balaban J connectivity index is 2.36. The van der Waals surface area contributed by atoms with Crippen molar-refractivity contribution in [1.82, 2.24) is 0 Å². The zero-order valence-electron chi connectivity index (χ0n) is 19.1. The van der Waals surface area contributed by atoms with E-state index in [1.807, 2.05) is 0 Å². The molecule has 0 saturated carbocycles. The quantitative estimate of drug-likeness (QED) is 0.416. The number of rotatable bonds is 11. The van der Waals surface area contributed by atoms with Gasteiger partial charge in [0.15, 0.2) is 18.3 Å². The van der Waals surface area contributed by atoms with Gasteiger partial charge < -0.3 is 24.7 Å². The summed E-state index contributed by atoms with van der Waals surface area (Å²) in [6.07, 6.45) is 0. The van der Waals surface area contributed by atoms with Gasteiger partial charge in [0.05, 0.1) is 43.7 Å². The van der Waals surface area contributed by atoms with Crippen LogP contribution in [0.4, 0.5) is 5.69 Å². The average molecular weight is 525 g/mol. The van der Waals surface area contributed by atoms with Crippen molar-refractivity contribution in [3.63, 3.8) is 0 Å². The van der Waals surface area contributed by atoms with Crippen molar-refractivity contribution in [3.8, 4) is 23.3 Å². The Kier molecular flexibility index (Phi) is 9.07. The summed E-state index contributed by atoms with van der Waals surface area (Å²) in [7, 11) is -0.354. The highest BCUT2D eigenvalue weighted by Gasteiger charge is 2.26. The molecule has 0 fully saturated rings. The molecule has 0 aliphatic carbocycles. The zero-order chi connectivity index (χ0) is 26.3. The van der Waals surface area contributed by atoms with E-state index in [2.05, 4.69) is 17.0 Å². The number of esters is 1. The molecule has 0 aliphatic heterocycles. The lowest BCUT2D eigenvalue weighted by Gasteiger charge is -2.16. The number of carbonyl (C=O) groups is 2. The first kappa shape index (κ1) is 27.5. The fourth-order valence-corrected chi connectivity index (χ4v) is 4.35. The monoisotopic (exact) mass is 524 g/mol. The van der Waals surface area contributed by atoms with Gasteiger partial charge in [-0.25, -0.2) is 13.2 Å². The fraction of sp³-hybridized carbons (Fsp3) is 0.227. The number of ketones is 1. The molecule has 0 amide bonds. The third-order valence-corrected chi connectivity index (χ3v) is 6.29. The Bertz CT molecular complexity index is 1300. The number of nitrogens with zero attached hydrogens (tertiary/aromatic N) is 1. The molecule has 35 heavy (non-hydrogen) atoms. The predicted octanol–water partition coefficient (Wildman–Crippen LogP) is 1.79. The first-order valence-corrected chi connectivity index (χ1v) is 11.6. The number of anilines is 1. The maximum atomic E-state index is 13.2. The van der Waals surface area contributed by atoms with E-state index in [0.717, 1.165) is 6.07 Å². The summed E-state index contributed by atoms with van der Waals surface area (Å²) in [4.78, 5) is 24.1. The van der Waals surface area contributed by atoms with Crippen molar-refractivity contribution >= 4 is 39.1 Å². The van der Waals surface area contributed by atoms with Gasteiger partial charge in [-0.3, -0.25) is 9.52 Å². The summed E-state index contributed by atoms with van der Waals surface area (Å²) < 4.78 is 49.1. The molecule has 13 heteroatoms. The van der Waals surface area contributed by atoms with Crippen LogP contribution in [0.15, 0.2) is 47.5 Å². The van der Waals surface area contributed by atoms with Crippen molar-refractivity contribution < 1.29 is 42.7 Å². The second kappa shape index (κ2) is 11.6. The SMILES string of the molecule is C=C([NH3+])[C@H](C#N)C(=O)COC(=O)c1ccc(OC)c(S(=O)(=O)Nc2cc(Cl)c(OC)cc2OC)c1. The molecule has 0 radical (unpaired) electrons. The number of nitrogens with one attached hydrogen (secondary N) is 1. The maximum absolute atomic E-state index is 13.2. The molecule has 186 valence electrons. The van der Waals surface area contributed by atoms with Gasteiger partial charge in [0.1, 0.15) is 27.8 Å². The van der Waals surface area contributed by atoms with E-state index < -0.39 is 39.2 Å². The number of nitriles is 1. The molecule has 0 unspecified atom stereocenters. The molecule has 0 bridgehead atoms. The van der Waals surface area contributed by atoms with E-state index in [1.165, 1.54) is 45.6 Å². The molecule has 0 spiro atoms. The van der Waals surface area contributed by atoms with Crippen molar-refractivity contribution in [2.75, 3.05) is 32.7 Å². The van der Waals surface area contributed by atoms with Crippen LogP contribution < -0.4 is 24.7 Å². The molecule has 1 atom stereocenters. The van der Waals surface area contributed by atoms with Crippen LogP contribution in [-0.4, -0.2) is 48.1 Å². The van der Waals surface area contributed by atoms with E-state index >= 15 is 0 Å². The number of allylic oxidation sites excluding steroid dienone is 1. The molecule has 2 rings (SSSR count). The first-order valence-electron chi connectivity index (χ1n) is 9.71. The van der Waals surface area contributed by atoms with Gasteiger partial charge in [0.25, 0.3) is 10.0 Å². The highest BCUT2D eigenvalue weighted by Crippen LogP contribution is 2.37. The van der Waals surface area contributed by atoms with Gasteiger partial charge in [-0.2, -0.15) is 5.26 Å². The van der Waals surface area contributed by atoms with E-state index in [0.29, 0.717) is 0 Å². The Morgan fingerprint density at radius 1 is 1.11 bits per heavy atom. The van der Waals surface area contributed by atoms with E-state index in [9.17, 15) is 18.0 Å². The number of carbonyl (C=O) groups excluding carboxylic acids is 2. The Labute approximate surface area is 207 Å². The molecule has 2 aromatic rings. The van der Waals surface area contributed by atoms with Crippen molar-refractivity contribution in [2.24, 2.45) is 5.92 Å². The van der Waals surface area contributed by atoms with Gasteiger partial charge in [-0.15, -0.1) is 0 Å². The number of sulfonamides is 1. The number of hydrogen-bond donors (Lipinski definition) is 2. The van der Waals surface area contributed by atoms with Crippen molar-refractivity contribution in [1.29, 1.82) is 5.26 Å². The Morgan fingerprint density at radius 3 is 2.29 bits per heavy atom. The molecular formula is C22H23ClN3O8S+. The summed E-state index contributed by atoms with van der Waals surface area (Å²) in [6.45, 7) is 2.72. The molecule has 4 N–H and O–H groups in total. The summed E-state index contributed by atoms with van der Waals surface area (Å²) in [5, 5.41) is 9.14. The number of ether oxygens (including phenoxy) is 4. The second-order valence-corrected chi connectivity index (χ2v) is 8.98. The van der Waals surface area contributed by atoms with Crippen LogP contribution in [0.5, 0.6) is 17.2 Å². The second-order valence-electron chi connectivity index (χ2n) is 6.92. The molecule has 2 aromatic carbocycles. The van der Waals surface area contributed by atoms with E-state index in [4.69, 9.17) is 35.8 Å². The summed E-state index contributed by atoms with van der Waals surface area (Å²) in [5.74, 6) is -2.61. The number of methoxy groups -OCH3 is 3. The Hall–Kier alpha value is -3.79. The third kappa shape index (κ3) is 6.42. The largest absolute Gasteiger partial charge is 0.495 e. The lowest BCUT2D eigenvalue weighted by Crippen LogP contribution is -2.51. The maximum Gasteiger partial charge on any atom is 0.338 e. The van der Waals surface area contributed by atoms with Crippen LogP contribution in [-0.2, 0) is 19.6 Å². The minimum Gasteiger partial charge on any atom is -0.495 e. The number of Topliss-reactive ketones (excluding diaryl/α,β-unsaturated/α-hetero) is 1. The van der Waals surface area contributed by atoms with Crippen LogP contribution in [0.1, 0.15) is 10.4 Å². The molecule has 0 saturated heterocycles. The number of benzene rings is 2. The van der Waals surface area contributed by atoms with E-state index in [1.54, 1.807) is 6.07 Å². The first-order chi connectivity index (χ1) is 16.5. The third-order valence-electron chi connectivity index (χ3n) is 4.61. The highest BCUT2D eigenvalue weighted by molar-refractivity contribution is 7.92. The minimum atomic E-state index is -4.33. The fourth-order valence-electron chi connectivity index (χ4n) is 2.85. The highest BCUT2D eigenvalue weighted by atomic mass is 35.5. The lowest BCUT2D eigenvalue weighted by molar-refractivity contribution is -0.309. The topological polar surface area (TPSA) is 169 Å². The average Bonchev–Trinajstić information content (AvgIpc) is 2.82. The van der Waals surface area contributed by atoms with Gasteiger partial charge in [-0.1, -0.05) is 11.6 Å². The lowest BCUT2D eigenvalue weighted by atomic mass is 10.0. The van der Waals surface area contributed by atoms with Gasteiger partial charge in [0, 0.05) is 6.07 Å². The molecule has 0 heterocycles. The molecule has 11 nitrogen and oxygen atoms in total. The summed E-state index contributed by atoms with van der Waals surface area (Å²) in [5.41, 5.74) is 3.34. The van der Waals surface area contributed by atoms with Crippen LogP contribution >= 0.6 is 11.6 Å². The number of quaternary nitrogens is 1. The summed E-state index contributed by atoms with van der Waals surface area (Å²) >= 11 is 6.11. The van der Waals surface area contributed by atoms with E-state index in [-0.39, 0.29) is 39.2 Å². The molecule has 0 aliphatic rings. The van der Waals surface area contributed by atoms with Crippen LogP contribution in [0.3, 0.4) is 0 Å². The number of halogens is 1. The predicted molar refractivity (Wildman–Crippen MR) is 125 cm³/mol. The van der Waals surface area contributed by atoms with Crippen LogP contribution in [0.25, 0.3) is 0 Å². The number of hydrogen-bond acceptors (Lipinski definition) is 9. The van der Waals surface area contributed by atoms with Gasteiger partial charge in [-0.05, 0) is 30.8 Å². The zero-order valence-corrected chi connectivity index (χ0v) is 20.7. The van der Waals surface area contributed by atoms with Gasteiger partial charge in [0.2, 0.25) is 0 Å².